The maximum absolute atomic E-state index is 13.4. The SMILES string of the molecule is CCNC(=O)CSc1nonc1C(=NC1Cc2ccc(F)cc21)NO. The molecular weight excluding hydrogens is 349 g/mol. The lowest BCUT2D eigenvalue weighted by Gasteiger charge is -2.27. The van der Waals surface area contributed by atoms with Crippen LogP contribution in [-0.2, 0) is 11.2 Å². The number of fused-ring (bicyclic) bond motifs is 1. The first-order valence-electron chi connectivity index (χ1n) is 7.61. The molecule has 3 N–H and O–H groups in total. The van der Waals surface area contributed by atoms with Gasteiger partial charge in [0.1, 0.15) is 5.82 Å². The number of amidine groups is 1. The average Bonchev–Trinajstić information content (AvgIpc) is 3.05. The fourth-order valence-electron chi connectivity index (χ4n) is 2.46. The second-order valence-electron chi connectivity index (χ2n) is 5.31. The van der Waals surface area contributed by atoms with Crippen molar-refractivity contribution < 1.29 is 19.0 Å². The highest BCUT2D eigenvalue weighted by Gasteiger charge is 2.28. The van der Waals surface area contributed by atoms with E-state index in [-0.39, 0.29) is 35.0 Å². The van der Waals surface area contributed by atoms with Crippen molar-refractivity contribution in [2.75, 3.05) is 12.3 Å². The Kier molecular flexibility index (Phi) is 5.29. The largest absolute Gasteiger partial charge is 0.356 e. The van der Waals surface area contributed by atoms with E-state index in [1.54, 1.807) is 6.07 Å². The highest BCUT2D eigenvalue weighted by molar-refractivity contribution is 8.00. The first-order chi connectivity index (χ1) is 12.1. The second-order valence-corrected chi connectivity index (χ2v) is 6.28. The number of carbonyl (C=O) groups is 1. The summed E-state index contributed by atoms with van der Waals surface area (Å²) < 4.78 is 18.1. The van der Waals surface area contributed by atoms with Crippen LogP contribution in [0.1, 0.15) is 29.8 Å². The number of rotatable bonds is 6. The number of aromatic nitrogens is 2. The Balaban J connectivity index is 1.76. The lowest BCUT2D eigenvalue weighted by Crippen LogP contribution is -2.26. The molecule has 0 radical (unpaired) electrons. The molecule has 2 aromatic rings. The predicted molar refractivity (Wildman–Crippen MR) is 88.0 cm³/mol. The fourth-order valence-corrected chi connectivity index (χ4v) is 3.19. The zero-order chi connectivity index (χ0) is 17.8. The standard InChI is InChI=1S/C15H16FN5O3S/c1-2-17-12(22)7-25-15-13(20-24-21-15)14(19-23)18-11-5-8-3-4-9(16)6-10(8)11/h3-4,6,11,23H,2,5,7H2,1H3,(H,17,22)(H,18,19). The molecule has 1 aliphatic rings. The van der Waals surface area contributed by atoms with Gasteiger partial charge in [0.15, 0.2) is 16.6 Å². The molecule has 3 rings (SSSR count). The van der Waals surface area contributed by atoms with Crippen molar-refractivity contribution in [1.29, 1.82) is 0 Å². The van der Waals surface area contributed by atoms with Gasteiger partial charge in [0.05, 0.1) is 11.8 Å². The third-order valence-electron chi connectivity index (χ3n) is 3.67. The summed E-state index contributed by atoms with van der Waals surface area (Å²) in [5.74, 6) is -0.302. The minimum Gasteiger partial charge on any atom is -0.356 e. The summed E-state index contributed by atoms with van der Waals surface area (Å²) in [5, 5.41) is 19.9. The van der Waals surface area contributed by atoms with Crippen molar-refractivity contribution in [2.24, 2.45) is 4.99 Å². The van der Waals surface area contributed by atoms with E-state index in [0.717, 1.165) is 22.9 Å². The molecule has 1 aromatic heterocycles. The molecular formula is C15H16FN5O3S. The van der Waals surface area contributed by atoms with Crippen molar-refractivity contribution in [3.05, 3.63) is 40.8 Å². The molecule has 1 aromatic carbocycles. The number of hydrogen-bond donors (Lipinski definition) is 3. The van der Waals surface area contributed by atoms with Crippen LogP contribution in [0.4, 0.5) is 4.39 Å². The van der Waals surface area contributed by atoms with Crippen LogP contribution < -0.4 is 10.8 Å². The van der Waals surface area contributed by atoms with Gasteiger partial charge in [-0.15, -0.1) is 0 Å². The van der Waals surface area contributed by atoms with Gasteiger partial charge in [-0.25, -0.2) is 9.02 Å². The lowest BCUT2D eigenvalue weighted by molar-refractivity contribution is -0.118. The van der Waals surface area contributed by atoms with Gasteiger partial charge in [-0.05, 0) is 46.9 Å². The van der Waals surface area contributed by atoms with Crippen molar-refractivity contribution in [3.8, 4) is 0 Å². The van der Waals surface area contributed by atoms with Crippen LogP contribution in [0.2, 0.25) is 0 Å². The van der Waals surface area contributed by atoms with E-state index in [0.29, 0.717) is 18.0 Å². The highest BCUT2D eigenvalue weighted by Crippen LogP contribution is 2.37. The van der Waals surface area contributed by atoms with Crippen molar-refractivity contribution in [3.63, 3.8) is 0 Å². The van der Waals surface area contributed by atoms with E-state index < -0.39 is 0 Å². The molecule has 132 valence electrons. The summed E-state index contributed by atoms with van der Waals surface area (Å²) in [4.78, 5) is 15.9. The summed E-state index contributed by atoms with van der Waals surface area (Å²) in [5.41, 5.74) is 3.95. The molecule has 0 bridgehead atoms. The molecule has 1 heterocycles. The molecule has 0 fully saturated rings. The number of hydroxylamine groups is 1. The topological polar surface area (TPSA) is 113 Å². The third kappa shape index (κ3) is 3.80. The van der Waals surface area contributed by atoms with Crippen molar-refractivity contribution in [1.82, 2.24) is 21.1 Å². The Morgan fingerprint density at radius 1 is 1.52 bits per heavy atom. The minimum atomic E-state index is -0.335. The predicted octanol–water partition coefficient (Wildman–Crippen LogP) is 1.46. The van der Waals surface area contributed by atoms with Crippen molar-refractivity contribution >= 4 is 23.5 Å². The first kappa shape index (κ1) is 17.4. The molecule has 0 spiro atoms. The van der Waals surface area contributed by atoms with Crippen LogP contribution in [0.15, 0.2) is 32.8 Å². The number of benzene rings is 1. The summed E-state index contributed by atoms with van der Waals surface area (Å²) in [7, 11) is 0. The Morgan fingerprint density at radius 2 is 2.36 bits per heavy atom. The average molecular weight is 365 g/mol. The summed E-state index contributed by atoms with van der Waals surface area (Å²) in [6.07, 6.45) is 0.632. The molecule has 1 atom stereocenters. The number of nitrogens with one attached hydrogen (secondary N) is 2. The van der Waals surface area contributed by atoms with Crippen LogP contribution >= 0.6 is 11.8 Å². The molecule has 25 heavy (non-hydrogen) atoms. The number of halogens is 1. The van der Waals surface area contributed by atoms with Crippen LogP contribution in [0.5, 0.6) is 0 Å². The van der Waals surface area contributed by atoms with Crippen LogP contribution in [0, 0.1) is 5.82 Å². The lowest BCUT2D eigenvalue weighted by atomic mass is 9.83. The summed E-state index contributed by atoms with van der Waals surface area (Å²) in [6, 6.07) is 4.25. The van der Waals surface area contributed by atoms with Crippen molar-refractivity contribution in [2.45, 2.75) is 24.4 Å². The molecule has 1 aliphatic carbocycles. The smallest absolute Gasteiger partial charge is 0.230 e. The van der Waals surface area contributed by atoms with E-state index >= 15 is 0 Å². The maximum atomic E-state index is 13.4. The normalized spacial score (nSPS) is 16.1. The van der Waals surface area contributed by atoms with Crippen LogP contribution in [0.3, 0.4) is 0 Å². The van der Waals surface area contributed by atoms with Gasteiger partial charge in [-0.1, -0.05) is 17.8 Å². The number of hydrogen-bond acceptors (Lipinski definition) is 7. The molecule has 0 saturated heterocycles. The van der Waals surface area contributed by atoms with E-state index in [2.05, 4.69) is 20.6 Å². The number of aliphatic imine (C=N–C) groups is 1. The first-order valence-corrected chi connectivity index (χ1v) is 8.59. The second kappa shape index (κ2) is 7.62. The van der Waals surface area contributed by atoms with E-state index in [4.69, 9.17) is 4.63 Å². The summed E-state index contributed by atoms with van der Waals surface area (Å²) >= 11 is 1.11. The Morgan fingerprint density at radius 3 is 3.12 bits per heavy atom. The third-order valence-corrected chi connectivity index (χ3v) is 4.62. The molecule has 1 amide bonds. The Hall–Kier alpha value is -2.46. The molecule has 10 heteroatoms. The van der Waals surface area contributed by atoms with E-state index in [1.807, 2.05) is 12.4 Å². The quantitative estimate of drug-likeness (QED) is 0.307. The molecule has 0 saturated carbocycles. The number of nitrogens with zero attached hydrogens (tertiary/aromatic N) is 3. The fraction of sp³-hybridized carbons (Fsp3) is 0.333. The Bertz CT molecular complexity index is 810. The van der Waals surface area contributed by atoms with Gasteiger partial charge in [0.25, 0.3) is 0 Å². The maximum Gasteiger partial charge on any atom is 0.230 e. The number of amides is 1. The van der Waals surface area contributed by atoms with E-state index in [9.17, 15) is 14.4 Å². The summed E-state index contributed by atoms with van der Waals surface area (Å²) in [6.45, 7) is 2.36. The molecule has 0 aliphatic heterocycles. The van der Waals surface area contributed by atoms with Gasteiger partial charge in [0.2, 0.25) is 5.91 Å². The highest BCUT2D eigenvalue weighted by atomic mass is 32.2. The Labute approximate surface area is 146 Å². The number of thioether (sulfide) groups is 1. The molecule has 1 unspecified atom stereocenters. The van der Waals surface area contributed by atoms with Gasteiger partial charge in [-0.2, -0.15) is 0 Å². The van der Waals surface area contributed by atoms with Gasteiger partial charge >= 0.3 is 0 Å². The zero-order valence-electron chi connectivity index (χ0n) is 13.3. The minimum absolute atomic E-state index is 0.0551. The monoisotopic (exact) mass is 365 g/mol. The van der Waals surface area contributed by atoms with Gasteiger partial charge in [-0.3, -0.25) is 20.5 Å². The number of carbonyl (C=O) groups excluding carboxylic acids is 1. The van der Waals surface area contributed by atoms with Gasteiger partial charge in [0, 0.05) is 6.54 Å². The molecule has 8 nitrogen and oxygen atoms in total. The zero-order valence-corrected chi connectivity index (χ0v) is 14.1. The van der Waals surface area contributed by atoms with Crippen LogP contribution in [-0.4, -0.2) is 39.6 Å². The van der Waals surface area contributed by atoms with E-state index in [1.165, 1.54) is 12.1 Å². The van der Waals surface area contributed by atoms with Crippen LogP contribution in [0.25, 0.3) is 0 Å². The van der Waals surface area contributed by atoms with Gasteiger partial charge < -0.3 is 5.32 Å².